The van der Waals surface area contributed by atoms with Crippen LogP contribution >= 0.6 is 0 Å². The SMILES string of the molecule is CC(C)(C)N/C(=N/C(=O)c1ccc(F)cc1)Nc1cc(-c2ccccc2O)n[nH]1. The Morgan fingerprint density at radius 1 is 1.14 bits per heavy atom. The van der Waals surface area contributed by atoms with Crippen LogP contribution in [0.5, 0.6) is 5.75 Å². The molecule has 1 amide bonds. The number of halogens is 1. The van der Waals surface area contributed by atoms with Crippen molar-refractivity contribution < 1.29 is 14.3 Å². The second-order valence-electron chi connectivity index (χ2n) is 7.46. The number of aromatic amines is 1. The molecular weight excluding hydrogens is 373 g/mol. The maximum Gasteiger partial charge on any atom is 0.280 e. The molecule has 29 heavy (non-hydrogen) atoms. The number of carbonyl (C=O) groups excluding carboxylic acids is 1. The molecule has 0 aliphatic heterocycles. The average molecular weight is 395 g/mol. The molecule has 0 aliphatic rings. The van der Waals surface area contributed by atoms with Gasteiger partial charge in [0.2, 0.25) is 5.96 Å². The van der Waals surface area contributed by atoms with Crippen LogP contribution in [0.25, 0.3) is 11.3 Å². The average Bonchev–Trinajstić information content (AvgIpc) is 3.09. The largest absolute Gasteiger partial charge is 0.507 e. The van der Waals surface area contributed by atoms with E-state index in [-0.39, 0.29) is 22.8 Å². The minimum Gasteiger partial charge on any atom is -0.507 e. The second kappa shape index (κ2) is 8.14. The first kappa shape index (κ1) is 20.1. The van der Waals surface area contributed by atoms with Gasteiger partial charge in [0.1, 0.15) is 17.4 Å². The van der Waals surface area contributed by atoms with Gasteiger partial charge in [-0.2, -0.15) is 10.1 Å². The highest BCUT2D eigenvalue weighted by atomic mass is 19.1. The van der Waals surface area contributed by atoms with Gasteiger partial charge < -0.3 is 15.7 Å². The van der Waals surface area contributed by atoms with Gasteiger partial charge in [-0.1, -0.05) is 12.1 Å². The van der Waals surface area contributed by atoms with Gasteiger partial charge in [0, 0.05) is 22.7 Å². The van der Waals surface area contributed by atoms with Crippen molar-refractivity contribution in [1.29, 1.82) is 0 Å². The Hall–Kier alpha value is -3.68. The van der Waals surface area contributed by atoms with E-state index in [9.17, 15) is 14.3 Å². The van der Waals surface area contributed by atoms with Gasteiger partial charge >= 0.3 is 0 Å². The predicted octanol–water partition coefficient (Wildman–Crippen LogP) is 3.92. The number of phenolic OH excluding ortho intramolecular Hbond substituents is 1. The number of aliphatic imine (C=N–C) groups is 1. The molecule has 0 atom stereocenters. The van der Waals surface area contributed by atoms with Crippen molar-refractivity contribution in [1.82, 2.24) is 15.5 Å². The van der Waals surface area contributed by atoms with E-state index in [2.05, 4.69) is 25.8 Å². The molecule has 8 heteroatoms. The smallest absolute Gasteiger partial charge is 0.280 e. The van der Waals surface area contributed by atoms with Crippen molar-refractivity contribution in [3.05, 3.63) is 66.0 Å². The molecule has 3 rings (SSSR count). The van der Waals surface area contributed by atoms with Crippen LogP contribution in [-0.2, 0) is 0 Å². The maximum absolute atomic E-state index is 13.1. The van der Waals surface area contributed by atoms with Crippen LogP contribution in [0.3, 0.4) is 0 Å². The zero-order valence-electron chi connectivity index (χ0n) is 16.3. The Labute approximate surface area is 167 Å². The van der Waals surface area contributed by atoms with Gasteiger partial charge in [-0.25, -0.2) is 4.39 Å². The number of aromatic hydroxyl groups is 1. The number of benzene rings is 2. The number of phenols is 1. The maximum atomic E-state index is 13.1. The number of amides is 1. The molecular formula is C21H22FN5O2. The van der Waals surface area contributed by atoms with E-state index in [4.69, 9.17) is 0 Å². The van der Waals surface area contributed by atoms with Gasteiger partial charge in [-0.3, -0.25) is 9.89 Å². The molecule has 0 bridgehead atoms. The summed E-state index contributed by atoms with van der Waals surface area (Å²) in [5, 5.41) is 23.1. The van der Waals surface area contributed by atoms with Crippen LogP contribution in [-0.4, -0.2) is 32.7 Å². The summed E-state index contributed by atoms with van der Waals surface area (Å²) in [6, 6.07) is 13.7. The number of H-pyrrole nitrogens is 1. The van der Waals surface area contributed by atoms with Crippen molar-refractivity contribution >= 4 is 17.7 Å². The van der Waals surface area contributed by atoms with Crippen molar-refractivity contribution in [2.75, 3.05) is 5.32 Å². The standard InChI is InChI=1S/C21H22FN5O2/c1-21(2,3)25-20(24-19(29)13-8-10-14(22)11-9-13)23-18-12-16(26-27-18)15-6-4-5-7-17(15)28/h4-12,28H,1-3H3,(H3,23,24,25,26,27,29). The topological polar surface area (TPSA) is 102 Å². The number of para-hydroxylation sites is 1. The van der Waals surface area contributed by atoms with E-state index in [1.807, 2.05) is 20.8 Å². The Kier molecular flexibility index (Phi) is 5.63. The van der Waals surface area contributed by atoms with Crippen LogP contribution in [0.4, 0.5) is 10.2 Å². The molecule has 7 nitrogen and oxygen atoms in total. The molecule has 0 fully saturated rings. The normalized spacial score (nSPS) is 11.9. The fraction of sp³-hybridized carbons (Fsp3) is 0.190. The van der Waals surface area contributed by atoms with Gasteiger partial charge in [-0.15, -0.1) is 0 Å². The molecule has 0 saturated carbocycles. The summed E-state index contributed by atoms with van der Waals surface area (Å²) in [7, 11) is 0. The van der Waals surface area contributed by atoms with Gasteiger partial charge in [0.25, 0.3) is 5.91 Å². The van der Waals surface area contributed by atoms with E-state index in [0.29, 0.717) is 17.1 Å². The third-order valence-corrected chi connectivity index (χ3v) is 3.81. The van der Waals surface area contributed by atoms with Crippen molar-refractivity contribution in [2.45, 2.75) is 26.3 Å². The minimum atomic E-state index is -0.523. The summed E-state index contributed by atoms with van der Waals surface area (Å²) in [6.07, 6.45) is 0. The molecule has 0 aliphatic carbocycles. The molecule has 1 heterocycles. The molecule has 150 valence electrons. The lowest BCUT2D eigenvalue weighted by atomic mass is 10.1. The molecule has 0 radical (unpaired) electrons. The Balaban J connectivity index is 1.85. The highest BCUT2D eigenvalue weighted by Crippen LogP contribution is 2.28. The van der Waals surface area contributed by atoms with E-state index in [1.54, 1.807) is 30.3 Å². The number of guanidine groups is 1. The zero-order chi connectivity index (χ0) is 21.0. The first-order chi connectivity index (χ1) is 13.7. The lowest BCUT2D eigenvalue weighted by molar-refractivity contribution is 0.100. The predicted molar refractivity (Wildman–Crippen MR) is 110 cm³/mol. The fourth-order valence-electron chi connectivity index (χ4n) is 2.54. The molecule has 4 N–H and O–H groups in total. The fourth-order valence-corrected chi connectivity index (χ4v) is 2.54. The number of nitrogens with zero attached hydrogens (tertiary/aromatic N) is 2. The minimum absolute atomic E-state index is 0.110. The zero-order valence-corrected chi connectivity index (χ0v) is 16.3. The number of nitrogens with one attached hydrogen (secondary N) is 3. The summed E-state index contributed by atoms with van der Waals surface area (Å²) in [5.41, 5.74) is 0.989. The summed E-state index contributed by atoms with van der Waals surface area (Å²) in [6.45, 7) is 5.77. The van der Waals surface area contributed by atoms with E-state index >= 15 is 0 Å². The van der Waals surface area contributed by atoms with E-state index in [1.165, 1.54) is 24.3 Å². The molecule has 3 aromatic rings. The lowest BCUT2D eigenvalue weighted by Crippen LogP contribution is -2.44. The van der Waals surface area contributed by atoms with E-state index in [0.717, 1.165) is 0 Å². The third-order valence-electron chi connectivity index (χ3n) is 3.81. The number of hydrogen-bond acceptors (Lipinski definition) is 3. The molecule has 0 saturated heterocycles. The lowest BCUT2D eigenvalue weighted by Gasteiger charge is -2.23. The number of anilines is 1. The third kappa shape index (κ3) is 5.41. The highest BCUT2D eigenvalue weighted by molar-refractivity contribution is 6.06. The molecule has 1 aromatic heterocycles. The van der Waals surface area contributed by atoms with Crippen molar-refractivity contribution in [3.63, 3.8) is 0 Å². The van der Waals surface area contributed by atoms with Crippen molar-refractivity contribution in [2.24, 2.45) is 4.99 Å². The summed E-state index contributed by atoms with van der Waals surface area (Å²) >= 11 is 0. The highest BCUT2D eigenvalue weighted by Gasteiger charge is 2.16. The molecule has 0 unspecified atom stereocenters. The van der Waals surface area contributed by atoms with Crippen molar-refractivity contribution in [3.8, 4) is 17.0 Å². The van der Waals surface area contributed by atoms with Crippen LogP contribution < -0.4 is 10.6 Å². The van der Waals surface area contributed by atoms with Crippen LogP contribution in [0.2, 0.25) is 0 Å². The monoisotopic (exact) mass is 395 g/mol. The van der Waals surface area contributed by atoms with Crippen LogP contribution in [0, 0.1) is 5.82 Å². The summed E-state index contributed by atoms with van der Waals surface area (Å²) in [5.74, 6) is -0.153. The summed E-state index contributed by atoms with van der Waals surface area (Å²) < 4.78 is 13.1. The Morgan fingerprint density at radius 3 is 2.48 bits per heavy atom. The number of rotatable bonds is 3. The summed E-state index contributed by atoms with van der Waals surface area (Å²) in [4.78, 5) is 16.6. The molecule has 2 aromatic carbocycles. The van der Waals surface area contributed by atoms with Gasteiger partial charge in [0.15, 0.2) is 0 Å². The number of carbonyl (C=O) groups is 1. The first-order valence-electron chi connectivity index (χ1n) is 8.99. The quantitative estimate of drug-likeness (QED) is 0.398. The first-order valence-corrected chi connectivity index (χ1v) is 8.99. The Morgan fingerprint density at radius 2 is 1.83 bits per heavy atom. The van der Waals surface area contributed by atoms with Crippen LogP contribution in [0.1, 0.15) is 31.1 Å². The number of aromatic nitrogens is 2. The van der Waals surface area contributed by atoms with Crippen LogP contribution in [0.15, 0.2) is 59.6 Å². The number of hydrogen-bond donors (Lipinski definition) is 4. The van der Waals surface area contributed by atoms with Gasteiger partial charge in [0.05, 0.1) is 5.69 Å². The van der Waals surface area contributed by atoms with E-state index < -0.39 is 11.7 Å². The molecule has 0 spiro atoms. The van der Waals surface area contributed by atoms with Gasteiger partial charge in [-0.05, 0) is 57.2 Å². The second-order valence-corrected chi connectivity index (χ2v) is 7.46. The Bertz CT molecular complexity index is 1040.